The summed E-state index contributed by atoms with van der Waals surface area (Å²) < 4.78 is 31.6. The van der Waals surface area contributed by atoms with Gasteiger partial charge >= 0.3 is 5.97 Å². The van der Waals surface area contributed by atoms with Crippen molar-refractivity contribution in [2.75, 3.05) is 0 Å². The number of rotatable bonds is 2. The minimum absolute atomic E-state index is 0.175. The van der Waals surface area contributed by atoms with Gasteiger partial charge in [-0.05, 0) is 43.3 Å². The standard InChI is InChI=1S/C16H10F2O3/c1-2-3-10-4-6-11(7-5-10)21-16(20)12-8-9-13(19)15(18)14(12)17/h4-9,19H,1H3. The Hall–Kier alpha value is -2.87. The third-order valence-corrected chi connectivity index (χ3v) is 2.62. The Morgan fingerprint density at radius 2 is 1.76 bits per heavy atom. The molecule has 0 fully saturated rings. The van der Waals surface area contributed by atoms with Crippen LogP contribution >= 0.6 is 0 Å². The SMILES string of the molecule is CC#Cc1ccc(OC(=O)c2ccc(O)c(F)c2F)cc1. The quantitative estimate of drug-likeness (QED) is 0.524. The summed E-state index contributed by atoms with van der Waals surface area (Å²) in [5.41, 5.74) is 0.141. The molecule has 5 heteroatoms. The van der Waals surface area contributed by atoms with E-state index in [0.29, 0.717) is 0 Å². The number of hydrogen-bond donors (Lipinski definition) is 1. The molecule has 2 aromatic rings. The van der Waals surface area contributed by atoms with Crippen molar-refractivity contribution in [2.24, 2.45) is 0 Å². The Balaban J connectivity index is 2.21. The first-order chi connectivity index (χ1) is 10.0. The first-order valence-corrected chi connectivity index (χ1v) is 5.95. The van der Waals surface area contributed by atoms with Gasteiger partial charge in [-0.25, -0.2) is 9.18 Å². The Morgan fingerprint density at radius 1 is 1.10 bits per heavy atom. The van der Waals surface area contributed by atoms with Gasteiger partial charge in [-0.1, -0.05) is 5.92 Å². The normalized spacial score (nSPS) is 9.67. The minimum atomic E-state index is -1.49. The molecule has 0 unspecified atom stereocenters. The topological polar surface area (TPSA) is 46.5 Å². The highest BCUT2D eigenvalue weighted by Crippen LogP contribution is 2.22. The summed E-state index contributed by atoms with van der Waals surface area (Å²) in [6, 6.07) is 8.08. The van der Waals surface area contributed by atoms with Crippen LogP contribution in [0.5, 0.6) is 11.5 Å². The van der Waals surface area contributed by atoms with Gasteiger partial charge in [0.2, 0.25) is 5.82 Å². The highest BCUT2D eigenvalue weighted by atomic mass is 19.2. The van der Waals surface area contributed by atoms with Crippen LogP contribution in [-0.4, -0.2) is 11.1 Å². The maximum absolute atomic E-state index is 13.5. The highest BCUT2D eigenvalue weighted by Gasteiger charge is 2.20. The maximum atomic E-state index is 13.5. The van der Waals surface area contributed by atoms with Crippen LogP contribution in [0, 0.1) is 23.5 Å². The molecule has 0 spiro atoms. The van der Waals surface area contributed by atoms with E-state index >= 15 is 0 Å². The van der Waals surface area contributed by atoms with Crippen molar-refractivity contribution in [1.29, 1.82) is 0 Å². The highest BCUT2D eigenvalue weighted by molar-refractivity contribution is 5.91. The Morgan fingerprint density at radius 3 is 2.38 bits per heavy atom. The van der Waals surface area contributed by atoms with Crippen LogP contribution in [0.4, 0.5) is 8.78 Å². The predicted octanol–water partition coefficient (Wildman–Crippen LogP) is 3.26. The summed E-state index contributed by atoms with van der Waals surface area (Å²) in [6.45, 7) is 1.69. The molecule has 3 nitrogen and oxygen atoms in total. The molecule has 21 heavy (non-hydrogen) atoms. The van der Waals surface area contributed by atoms with E-state index in [-0.39, 0.29) is 5.75 Å². The number of carbonyl (C=O) groups excluding carboxylic acids is 1. The third kappa shape index (κ3) is 3.18. The molecule has 0 bridgehead atoms. The van der Waals surface area contributed by atoms with Crippen LogP contribution in [0.2, 0.25) is 0 Å². The second-order valence-corrected chi connectivity index (χ2v) is 4.05. The maximum Gasteiger partial charge on any atom is 0.346 e. The molecule has 0 saturated carbocycles. The van der Waals surface area contributed by atoms with Crippen molar-refractivity contribution >= 4 is 5.97 Å². The number of ether oxygens (including phenoxy) is 1. The number of carbonyl (C=O) groups is 1. The number of hydrogen-bond acceptors (Lipinski definition) is 3. The summed E-state index contributed by atoms with van der Waals surface area (Å²) in [7, 11) is 0. The van der Waals surface area contributed by atoms with Crippen LogP contribution in [0.25, 0.3) is 0 Å². The van der Waals surface area contributed by atoms with E-state index in [0.717, 1.165) is 17.7 Å². The van der Waals surface area contributed by atoms with Crippen molar-refractivity contribution < 1.29 is 23.4 Å². The van der Waals surface area contributed by atoms with Gasteiger partial charge in [0.25, 0.3) is 0 Å². The van der Waals surface area contributed by atoms with Gasteiger partial charge in [0.15, 0.2) is 11.6 Å². The van der Waals surface area contributed by atoms with Gasteiger partial charge in [0.05, 0.1) is 5.56 Å². The van der Waals surface area contributed by atoms with E-state index in [4.69, 9.17) is 9.84 Å². The Labute approximate surface area is 119 Å². The Bertz CT molecular complexity index is 741. The lowest BCUT2D eigenvalue weighted by Crippen LogP contribution is -2.11. The molecule has 0 atom stereocenters. The number of phenolic OH excluding ortho intramolecular Hbond substituents is 1. The van der Waals surface area contributed by atoms with E-state index in [1.54, 1.807) is 19.1 Å². The van der Waals surface area contributed by atoms with Crippen molar-refractivity contribution in [3.8, 4) is 23.3 Å². The summed E-state index contributed by atoms with van der Waals surface area (Å²) in [6.07, 6.45) is 0. The minimum Gasteiger partial charge on any atom is -0.505 e. The molecule has 0 heterocycles. The molecule has 0 amide bonds. The first-order valence-electron chi connectivity index (χ1n) is 5.95. The van der Waals surface area contributed by atoms with Crippen LogP contribution in [0.3, 0.4) is 0 Å². The fourth-order valence-corrected chi connectivity index (χ4v) is 1.61. The average molecular weight is 288 g/mol. The lowest BCUT2D eigenvalue weighted by molar-refractivity contribution is 0.0728. The number of phenols is 1. The first kappa shape index (κ1) is 14.5. The average Bonchev–Trinajstić information content (AvgIpc) is 2.47. The number of benzene rings is 2. The summed E-state index contributed by atoms with van der Waals surface area (Å²) >= 11 is 0. The Kier molecular flexibility index (Phi) is 4.19. The fraction of sp³-hybridized carbons (Fsp3) is 0.0625. The van der Waals surface area contributed by atoms with Gasteiger partial charge < -0.3 is 9.84 Å². The molecule has 1 N–H and O–H groups in total. The van der Waals surface area contributed by atoms with E-state index in [2.05, 4.69) is 11.8 Å². The second-order valence-electron chi connectivity index (χ2n) is 4.05. The molecule has 0 aliphatic carbocycles. The second kappa shape index (κ2) is 6.06. The van der Waals surface area contributed by atoms with Gasteiger partial charge in [-0.2, -0.15) is 4.39 Å². The van der Waals surface area contributed by atoms with Crippen LogP contribution in [-0.2, 0) is 0 Å². The number of esters is 1. The fourth-order valence-electron chi connectivity index (χ4n) is 1.61. The molecule has 0 aromatic heterocycles. The molecular formula is C16H10F2O3. The van der Waals surface area contributed by atoms with E-state index in [1.807, 2.05) is 0 Å². The number of aromatic hydroxyl groups is 1. The van der Waals surface area contributed by atoms with E-state index in [9.17, 15) is 13.6 Å². The summed E-state index contributed by atoms with van der Waals surface area (Å²) in [5, 5.41) is 9.00. The van der Waals surface area contributed by atoms with Crippen molar-refractivity contribution in [3.05, 3.63) is 59.2 Å². The van der Waals surface area contributed by atoms with Crippen LogP contribution in [0.1, 0.15) is 22.8 Å². The largest absolute Gasteiger partial charge is 0.505 e. The lowest BCUT2D eigenvalue weighted by atomic mass is 10.2. The number of halogens is 2. The lowest BCUT2D eigenvalue weighted by Gasteiger charge is -2.06. The van der Waals surface area contributed by atoms with Gasteiger partial charge in [0.1, 0.15) is 5.75 Å². The molecule has 0 aliphatic heterocycles. The van der Waals surface area contributed by atoms with Gasteiger partial charge in [-0.15, -0.1) is 5.92 Å². The molecule has 2 aromatic carbocycles. The molecule has 0 saturated heterocycles. The van der Waals surface area contributed by atoms with Gasteiger partial charge in [-0.3, -0.25) is 0 Å². The van der Waals surface area contributed by atoms with Crippen LogP contribution < -0.4 is 4.74 Å². The molecule has 2 rings (SSSR count). The van der Waals surface area contributed by atoms with Crippen molar-refractivity contribution in [3.63, 3.8) is 0 Å². The zero-order valence-corrected chi connectivity index (χ0v) is 11.0. The van der Waals surface area contributed by atoms with Gasteiger partial charge in [0, 0.05) is 5.56 Å². The monoisotopic (exact) mass is 288 g/mol. The summed E-state index contributed by atoms with van der Waals surface area (Å²) in [4.78, 5) is 11.8. The van der Waals surface area contributed by atoms with E-state index < -0.39 is 28.9 Å². The molecular weight excluding hydrogens is 278 g/mol. The smallest absolute Gasteiger partial charge is 0.346 e. The van der Waals surface area contributed by atoms with E-state index in [1.165, 1.54) is 12.1 Å². The zero-order valence-electron chi connectivity index (χ0n) is 11.0. The third-order valence-electron chi connectivity index (χ3n) is 2.62. The van der Waals surface area contributed by atoms with Crippen molar-refractivity contribution in [2.45, 2.75) is 6.92 Å². The molecule has 106 valence electrons. The van der Waals surface area contributed by atoms with Crippen molar-refractivity contribution in [1.82, 2.24) is 0 Å². The summed E-state index contributed by atoms with van der Waals surface area (Å²) in [5.74, 6) is 0.844. The molecule has 0 aliphatic rings. The molecule has 0 radical (unpaired) electrons. The predicted molar refractivity (Wildman–Crippen MR) is 72.0 cm³/mol. The zero-order chi connectivity index (χ0) is 15.4. The van der Waals surface area contributed by atoms with Crippen LogP contribution in [0.15, 0.2) is 36.4 Å².